The van der Waals surface area contributed by atoms with E-state index in [1.54, 1.807) is 10.7 Å². The normalized spacial score (nSPS) is 12.8. The molecule has 3 amide bonds. The van der Waals surface area contributed by atoms with E-state index in [2.05, 4.69) is 27.1 Å². The molecule has 0 unspecified atom stereocenters. The highest BCUT2D eigenvalue weighted by molar-refractivity contribution is 5.94. The maximum absolute atomic E-state index is 12.6. The smallest absolute Gasteiger partial charge is 0.319 e. The quantitative estimate of drug-likeness (QED) is 0.260. The Bertz CT molecular complexity index is 1520. The summed E-state index contributed by atoms with van der Waals surface area (Å²) >= 11 is 0. The molecule has 39 heavy (non-hydrogen) atoms. The summed E-state index contributed by atoms with van der Waals surface area (Å²) in [5, 5.41) is 23.2. The predicted octanol–water partition coefficient (Wildman–Crippen LogP) is 5.18. The second-order valence-electron chi connectivity index (χ2n) is 9.29. The number of fused-ring (bicyclic) bond motifs is 1. The lowest BCUT2D eigenvalue weighted by atomic mass is 10.1. The number of aryl methyl sites for hydroxylation is 1. The summed E-state index contributed by atoms with van der Waals surface area (Å²) in [6, 6.07) is 18.8. The Hall–Kier alpha value is -5.04. The number of hydrogen-bond acceptors (Lipinski definition) is 6. The van der Waals surface area contributed by atoms with E-state index in [9.17, 15) is 14.9 Å². The lowest BCUT2D eigenvalue weighted by molar-refractivity contribution is -0.127. The molecular formula is C29H29N7O3. The van der Waals surface area contributed by atoms with Crippen LogP contribution in [0.2, 0.25) is 0 Å². The van der Waals surface area contributed by atoms with Crippen LogP contribution in [-0.4, -0.2) is 46.1 Å². The summed E-state index contributed by atoms with van der Waals surface area (Å²) in [6.07, 6.45) is 5.41. The van der Waals surface area contributed by atoms with Crippen LogP contribution in [0.15, 0.2) is 67.0 Å². The fourth-order valence-corrected chi connectivity index (χ4v) is 4.58. The summed E-state index contributed by atoms with van der Waals surface area (Å²) in [5.41, 5.74) is 3.76. The highest BCUT2D eigenvalue weighted by atomic mass is 16.5. The maximum atomic E-state index is 12.6. The van der Waals surface area contributed by atoms with Gasteiger partial charge in [-0.2, -0.15) is 10.4 Å². The molecule has 1 fully saturated rings. The summed E-state index contributed by atoms with van der Waals surface area (Å²) < 4.78 is 7.50. The van der Waals surface area contributed by atoms with Gasteiger partial charge in [-0.1, -0.05) is 18.2 Å². The minimum Gasteiger partial charge on any atom is -0.457 e. The summed E-state index contributed by atoms with van der Waals surface area (Å²) in [5.74, 6) is 1.62. The van der Waals surface area contributed by atoms with Gasteiger partial charge in [-0.05, 0) is 56.2 Å². The zero-order valence-electron chi connectivity index (χ0n) is 21.6. The van der Waals surface area contributed by atoms with Crippen molar-refractivity contribution in [3.05, 3.63) is 78.1 Å². The number of nitriles is 1. The van der Waals surface area contributed by atoms with Gasteiger partial charge in [0.2, 0.25) is 5.91 Å². The molecule has 10 nitrogen and oxygen atoms in total. The van der Waals surface area contributed by atoms with Gasteiger partial charge < -0.3 is 25.6 Å². The summed E-state index contributed by atoms with van der Waals surface area (Å²) in [6.45, 7) is 3.76. The van der Waals surface area contributed by atoms with Crippen molar-refractivity contribution in [1.29, 1.82) is 5.26 Å². The standard InChI is InChI=1S/C29H29N7O3/c1-20-25(34-29(38)31-14-6-16-35-15-5-9-26(35)37)19-36-28(20)27(21(17-30)18-32-36)33-22-10-12-24(13-11-22)39-23-7-3-2-4-8-23/h2-4,7-8,10-13,18-19,33H,5-6,9,14-16H2,1H3,(H2,31,34,38). The van der Waals surface area contributed by atoms with E-state index in [0.29, 0.717) is 54.1 Å². The molecule has 198 valence electrons. The van der Waals surface area contributed by atoms with Gasteiger partial charge in [-0.15, -0.1) is 0 Å². The van der Waals surface area contributed by atoms with Crippen LogP contribution in [-0.2, 0) is 4.79 Å². The fraction of sp³-hybridized carbons (Fsp3) is 0.241. The number of carbonyl (C=O) groups is 2. The van der Waals surface area contributed by atoms with Gasteiger partial charge in [0.05, 0.1) is 34.8 Å². The molecule has 0 spiro atoms. The zero-order valence-corrected chi connectivity index (χ0v) is 21.6. The molecule has 10 heteroatoms. The average molecular weight is 524 g/mol. The van der Waals surface area contributed by atoms with Gasteiger partial charge in [-0.3, -0.25) is 4.79 Å². The Kier molecular flexibility index (Phi) is 7.59. The molecular weight excluding hydrogens is 494 g/mol. The lowest BCUT2D eigenvalue weighted by Gasteiger charge is -2.15. The monoisotopic (exact) mass is 523 g/mol. The third kappa shape index (κ3) is 5.93. The molecule has 0 radical (unpaired) electrons. The number of amides is 3. The number of aromatic nitrogens is 2. The number of anilines is 3. The first-order chi connectivity index (χ1) is 19.0. The van der Waals surface area contributed by atoms with Crippen LogP contribution in [0.3, 0.4) is 0 Å². The Morgan fingerprint density at radius 2 is 1.90 bits per heavy atom. The van der Waals surface area contributed by atoms with Crippen molar-refractivity contribution in [3.63, 3.8) is 0 Å². The van der Waals surface area contributed by atoms with Crippen LogP contribution in [0.25, 0.3) is 5.52 Å². The average Bonchev–Trinajstić information content (AvgIpc) is 3.50. The number of ether oxygens (including phenoxy) is 1. The zero-order chi connectivity index (χ0) is 27.2. The van der Waals surface area contributed by atoms with Crippen molar-refractivity contribution < 1.29 is 14.3 Å². The van der Waals surface area contributed by atoms with Crippen molar-refractivity contribution in [2.24, 2.45) is 0 Å². The molecule has 0 saturated carbocycles. The largest absolute Gasteiger partial charge is 0.457 e. The predicted molar refractivity (Wildman–Crippen MR) is 148 cm³/mol. The van der Waals surface area contributed by atoms with E-state index in [-0.39, 0.29) is 11.9 Å². The first-order valence-corrected chi connectivity index (χ1v) is 12.9. The maximum Gasteiger partial charge on any atom is 0.319 e. The van der Waals surface area contributed by atoms with Crippen molar-refractivity contribution in [2.45, 2.75) is 26.2 Å². The number of nitrogens with one attached hydrogen (secondary N) is 3. The van der Waals surface area contributed by atoms with Gasteiger partial charge in [0.15, 0.2) is 0 Å². The van der Waals surface area contributed by atoms with Gasteiger partial charge in [-0.25, -0.2) is 9.31 Å². The number of hydrogen-bond donors (Lipinski definition) is 3. The molecule has 0 atom stereocenters. The molecule has 0 aliphatic carbocycles. The van der Waals surface area contributed by atoms with Gasteiger partial charge >= 0.3 is 6.03 Å². The molecule has 0 bridgehead atoms. The van der Waals surface area contributed by atoms with Crippen molar-refractivity contribution in [3.8, 4) is 17.6 Å². The third-order valence-corrected chi connectivity index (χ3v) is 6.59. The van der Waals surface area contributed by atoms with E-state index in [4.69, 9.17) is 4.74 Å². The number of carbonyl (C=O) groups excluding carboxylic acids is 2. The highest BCUT2D eigenvalue weighted by Crippen LogP contribution is 2.33. The van der Waals surface area contributed by atoms with E-state index in [1.165, 1.54) is 6.20 Å². The van der Waals surface area contributed by atoms with Crippen LogP contribution in [0.1, 0.15) is 30.4 Å². The number of nitrogens with zero attached hydrogens (tertiary/aromatic N) is 4. The molecule has 2 aromatic heterocycles. The highest BCUT2D eigenvalue weighted by Gasteiger charge is 2.20. The van der Waals surface area contributed by atoms with Crippen LogP contribution < -0.4 is 20.7 Å². The van der Waals surface area contributed by atoms with Crippen LogP contribution in [0.4, 0.5) is 21.9 Å². The topological polar surface area (TPSA) is 124 Å². The van der Waals surface area contributed by atoms with Crippen LogP contribution >= 0.6 is 0 Å². The van der Waals surface area contributed by atoms with E-state index >= 15 is 0 Å². The minimum absolute atomic E-state index is 0.181. The van der Waals surface area contributed by atoms with Gasteiger partial charge in [0.1, 0.15) is 17.6 Å². The van der Waals surface area contributed by atoms with E-state index < -0.39 is 0 Å². The third-order valence-electron chi connectivity index (χ3n) is 6.59. The number of benzene rings is 2. The molecule has 1 aliphatic heterocycles. The van der Waals surface area contributed by atoms with Crippen LogP contribution in [0, 0.1) is 18.3 Å². The van der Waals surface area contributed by atoms with Crippen molar-refractivity contribution in [1.82, 2.24) is 19.8 Å². The SMILES string of the molecule is Cc1c(NC(=O)NCCCN2CCCC2=O)cn2ncc(C#N)c(Nc3ccc(Oc4ccccc4)cc3)c12. The summed E-state index contributed by atoms with van der Waals surface area (Å²) in [7, 11) is 0. The Morgan fingerprint density at radius 1 is 1.13 bits per heavy atom. The first-order valence-electron chi connectivity index (χ1n) is 12.9. The Labute approximate surface area is 226 Å². The van der Waals surface area contributed by atoms with Crippen LogP contribution in [0.5, 0.6) is 11.5 Å². The Morgan fingerprint density at radius 3 is 2.62 bits per heavy atom. The Balaban J connectivity index is 1.27. The van der Waals surface area contributed by atoms with Gasteiger partial charge in [0, 0.05) is 37.3 Å². The number of urea groups is 1. The number of rotatable bonds is 9. The molecule has 3 heterocycles. The molecule has 3 N–H and O–H groups in total. The van der Waals surface area contributed by atoms with E-state index in [0.717, 1.165) is 30.0 Å². The van der Waals surface area contributed by atoms with Crippen molar-refractivity contribution in [2.75, 3.05) is 30.3 Å². The lowest BCUT2D eigenvalue weighted by Crippen LogP contribution is -2.33. The van der Waals surface area contributed by atoms with E-state index in [1.807, 2.05) is 66.4 Å². The first kappa shape index (κ1) is 25.6. The number of likely N-dealkylation sites (tertiary alicyclic amines) is 1. The molecule has 1 saturated heterocycles. The van der Waals surface area contributed by atoms with Gasteiger partial charge in [0.25, 0.3) is 0 Å². The molecule has 5 rings (SSSR count). The molecule has 2 aromatic carbocycles. The fourth-order valence-electron chi connectivity index (χ4n) is 4.58. The summed E-state index contributed by atoms with van der Waals surface area (Å²) in [4.78, 5) is 26.1. The molecule has 1 aliphatic rings. The number of para-hydroxylation sites is 1. The minimum atomic E-state index is -0.342. The van der Waals surface area contributed by atoms with Crippen molar-refractivity contribution >= 4 is 34.5 Å². The molecule has 4 aromatic rings. The second kappa shape index (κ2) is 11.6. The second-order valence-corrected chi connectivity index (χ2v) is 9.29.